The predicted octanol–water partition coefficient (Wildman–Crippen LogP) is -1.69. The van der Waals surface area contributed by atoms with Crippen molar-refractivity contribution in [2.45, 2.75) is 49.7 Å². The summed E-state index contributed by atoms with van der Waals surface area (Å²) in [6.07, 6.45) is -2.55. The fourth-order valence-electron chi connectivity index (χ4n) is 4.27. The molecule has 1 aromatic heterocycles. The molecular weight excluding hydrogens is 515 g/mol. The Morgan fingerprint density at radius 1 is 1.08 bits per heavy atom. The molecule has 0 fully saturated rings. The van der Waals surface area contributed by atoms with Gasteiger partial charge in [-0.05, 0) is 43.2 Å². The molecule has 2 aromatic rings. The molecule has 39 heavy (non-hydrogen) atoms. The average Bonchev–Trinajstić information content (AvgIpc) is 2.73. The lowest BCUT2D eigenvalue weighted by Gasteiger charge is -2.55. The first-order chi connectivity index (χ1) is 17.7. The summed E-state index contributed by atoms with van der Waals surface area (Å²) >= 11 is 0. The third-order valence-corrected chi connectivity index (χ3v) is 6.24. The van der Waals surface area contributed by atoms with Crippen LogP contribution < -0.4 is 15.0 Å². The molecule has 2 atom stereocenters. The number of pyridine rings is 1. The molecule has 2 amide bonds. The highest BCUT2D eigenvalue weighted by Crippen LogP contribution is 2.53. The molecule has 0 spiro atoms. The van der Waals surface area contributed by atoms with Gasteiger partial charge in [0.15, 0.2) is 14.0 Å². The van der Waals surface area contributed by atoms with Crippen LogP contribution in [0.4, 0.5) is 20.3 Å². The van der Waals surface area contributed by atoms with Crippen LogP contribution in [0.15, 0.2) is 24.3 Å². The molecule has 0 bridgehead atoms. The maximum atomic E-state index is 13.7. The molecule has 0 aliphatic carbocycles. The van der Waals surface area contributed by atoms with E-state index < -0.39 is 58.2 Å². The van der Waals surface area contributed by atoms with Crippen molar-refractivity contribution >= 4 is 54.7 Å². The standard InChI is InChI=1S/C22H21B4F2N3O8/c1-9-3-14-17(39-10(2)18(33)31(14)8-11-4-12(27)6-13(28)5-11)30-16(9)29-15(32)7-19(20(23,24)25,21(26,34)35)22(36,37)38/h3-6,10,34-38H,7-8H2,1-2H3,(H,29,30,32)/t10-,19?/m0/s1. The molecule has 6 N–H and O–H groups in total. The normalized spacial score (nSPS) is 17.7. The molecule has 198 valence electrons. The van der Waals surface area contributed by atoms with Crippen molar-refractivity contribution in [1.29, 1.82) is 0 Å². The first kappa shape index (κ1) is 30.6. The second-order valence-electron chi connectivity index (χ2n) is 9.37. The topological polar surface area (TPSA) is 173 Å². The van der Waals surface area contributed by atoms with Gasteiger partial charge in [0, 0.05) is 12.5 Å². The summed E-state index contributed by atoms with van der Waals surface area (Å²) in [4.78, 5) is 31.0. The Morgan fingerprint density at radius 2 is 1.64 bits per heavy atom. The van der Waals surface area contributed by atoms with Crippen LogP contribution in [0.5, 0.6) is 5.88 Å². The van der Waals surface area contributed by atoms with E-state index in [1.165, 1.54) is 24.8 Å². The van der Waals surface area contributed by atoms with Gasteiger partial charge in [-0.3, -0.25) is 14.5 Å². The lowest BCUT2D eigenvalue weighted by atomic mass is 9.28. The second kappa shape index (κ2) is 10.2. The highest BCUT2D eigenvalue weighted by molar-refractivity contribution is 6.60. The molecular formula is C22H21B4F2N3O8. The van der Waals surface area contributed by atoms with Crippen molar-refractivity contribution in [3.8, 4) is 5.88 Å². The van der Waals surface area contributed by atoms with E-state index in [0.29, 0.717) is 6.07 Å². The molecule has 1 aliphatic rings. The molecule has 1 aromatic carbocycles. The number of nitrogens with zero attached hydrogens (tertiary/aromatic N) is 2. The number of aliphatic hydroxyl groups is 5. The Hall–Kier alpha value is -2.97. The van der Waals surface area contributed by atoms with Gasteiger partial charge in [0.2, 0.25) is 11.8 Å². The maximum Gasteiger partial charge on any atom is 0.284 e. The molecule has 11 nitrogen and oxygen atoms in total. The second-order valence-corrected chi connectivity index (χ2v) is 9.37. The van der Waals surface area contributed by atoms with Gasteiger partial charge in [0.25, 0.3) is 11.9 Å². The Labute approximate surface area is 226 Å². The number of fused-ring (bicyclic) bond motifs is 1. The van der Waals surface area contributed by atoms with Crippen molar-refractivity contribution in [3.05, 3.63) is 47.0 Å². The van der Waals surface area contributed by atoms with Crippen LogP contribution in [0.1, 0.15) is 24.5 Å². The lowest BCUT2D eigenvalue weighted by Crippen LogP contribution is -2.69. The molecule has 0 saturated carbocycles. The zero-order chi connectivity index (χ0) is 29.7. The SMILES string of the molecule is [B]C([B])([B])C(CC(=O)Nc1nc2c(cc1C)N(Cc1cc(F)cc(F)c1)C(=O)[C@H](C)O2)(C([B])(O)O)C(O)(O)O. The van der Waals surface area contributed by atoms with E-state index in [9.17, 15) is 43.9 Å². The van der Waals surface area contributed by atoms with Crippen molar-refractivity contribution < 1.29 is 48.6 Å². The number of aromatic nitrogens is 1. The highest BCUT2D eigenvalue weighted by Gasteiger charge is 2.65. The van der Waals surface area contributed by atoms with Crippen molar-refractivity contribution in [1.82, 2.24) is 4.98 Å². The Morgan fingerprint density at radius 3 is 2.13 bits per heavy atom. The van der Waals surface area contributed by atoms with E-state index >= 15 is 0 Å². The minimum absolute atomic E-state index is 0.101. The number of benzene rings is 1. The third-order valence-electron chi connectivity index (χ3n) is 6.24. The van der Waals surface area contributed by atoms with Gasteiger partial charge in [-0.2, -0.15) is 4.98 Å². The van der Waals surface area contributed by atoms with Gasteiger partial charge in [-0.1, -0.05) is 0 Å². The van der Waals surface area contributed by atoms with E-state index in [-0.39, 0.29) is 35.1 Å². The smallest absolute Gasteiger partial charge is 0.284 e. The number of nitrogens with one attached hydrogen (secondary N) is 1. The lowest BCUT2D eigenvalue weighted by molar-refractivity contribution is -0.415. The largest absolute Gasteiger partial charge is 0.463 e. The highest BCUT2D eigenvalue weighted by atomic mass is 19.1. The van der Waals surface area contributed by atoms with Crippen LogP contribution in [-0.2, 0) is 16.1 Å². The van der Waals surface area contributed by atoms with E-state index in [0.717, 1.165) is 12.1 Å². The van der Waals surface area contributed by atoms with Gasteiger partial charge in [-0.25, -0.2) is 8.78 Å². The zero-order valence-corrected chi connectivity index (χ0v) is 20.7. The van der Waals surface area contributed by atoms with E-state index in [1.807, 2.05) is 0 Å². The number of rotatable bonds is 8. The Kier molecular flexibility index (Phi) is 8.00. The number of halogens is 2. The van der Waals surface area contributed by atoms with Crippen LogP contribution in [-0.4, -0.2) is 91.5 Å². The van der Waals surface area contributed by atoms with Crippen LogP contribution in [0.2, 0.25) is 5.11 Å². The van der Waals surface area contributed by atoms with Crippen LogP contribution in [0.3, 0.4) is 0 Å². The van der Waals surface area contributed by atoms with E-state index in [2.05, 4.69) is 10.3 Å². The van der Waals surface area contributed by atoms with Gasteiger partial charge >= 0.3 is 0 Å². The van der Waals surface area contributed by atoms with Crippen molar-refractivity contribution in [3.63, 3.8) is 0 Å². The number of ether oxygens (including phenoxy) is 1. The Bertz CT molecular complexity index is 1240. The first-order valence-electron chi connectivity index (χ1n) is 11.2. The summed E-state index contributed by atoms with van der Waals surface area (Å²) < 4.78 is 32.9. The maximum absolute atomic E-state index is 13.7. The van der Waals surface area contributed by atoms with Gasteiger partial charge < -0.3 is 35.6 Å². The summed E-state index contributed by atoms with van der Waals surface area (Å²) in [6, 6.07) is 4.14. The van der Waals surface area contributed by atoms with Crippen LogP contribution >= 0.6 is 0 Å². The summed E-state index contributed by atoms with van der Waals surface area (Å²) in [5.74, 6) is -8.09. The fraction of sp³-hybridized carbons (Fsp3) is 0.409. The third kappa shape index (κ3) is 5.82. The monoisotopic (exact) mass is 537 g/mol. The minimum Gasteiger partial charge on any atom is -0.463 e. The minimum atomic E-state index is -4.19. The number of carbonyl (C=O) groups is 2. The number of carbonyl (C=O) groups excluding carboxylic acids is 2. The van der Waals surface area contributed by atoms with Crippen LogP contribution in [0.25, 0.3) is 0 Å². The molecule has 8 radical (unpaired) electrons. The molecule has 0 saturated heterocycles. The van der Waals surface area contributed by atoms with Crippen molar-refractivity contribution in [2.75, 3.05) is 10.2 Å². The zero-order valence-electron chi connectivity index (χ0n) is 20.7. The summed E-state index contributed by atoms with van der Waals surface area (Å²) in [7, 11) is 21.5. The quantitative estimate of drug-likeness (QED) is 0.170. The van der Waals surface area contributed by atoms with Crippen molar-refractivity contribution in [2.24, 2.45) is 5.41 Å². The summed E-state index contributed by atoms with van der Waals surface area (Å²) in [5.41, 5.74) is -6.85. The van der Waals surface area contributed by atoms with Gasteiger partial charge in [0.1, 0.15) is 28.8 Å². The molecule has 1 aliphatic heterocycles. The predicted molar refractivity (Wildman–Crippen MR) is 135 cm³/mol. The Balaban J connectivity index is 1.97. The molecule has 17 heteroatoms. The number of anilines is 2. The molecule has 3 rings (SSSR count). The van der Waals surface area contributed by atoms with E-state index in [4.69, 9.17) is 36.1 Å². The number of aryl methyl sites for hydroxylation is 1. The first-order valence-corrected chi connectivity index (χ1v) is 11.2. The van der Waals surface area contributed by atoms with Gasteiger partial charge in [-0.15, -0.1) is 5.11 Å². The van der Waals surface area contributed by atoms with E-state index in [1.54, 1.807) is 0 Å². The number of amides is 2. The molecule has 1 unspecified atom stereocenters. The average molecular weight is 537 g/mol. The summed E-state index contributed by atoms with van der Waals surface area (Å²) in [6.45, 7) is 2.60. The molecule has 2 heterocycles. The van der Waals surface area contributed by atoms with Gasteiger partial charge in [0.05, 0.1) is 35.5 Å². The fourth-order valence-corrected chi connectivity index (χ4v) is 4.27. The number of hydrogen-bond acceptors (Lipinski definition) is 9. The number of hydrogen-bond donors (Lipinski definition) is 6. The summed E-state index contributed by atoms with van der Waals surface area (Å²) in [5, 5.41) is 48.6. The van der Waals surface area contributed by atoms with Crippen LogP contribution in [0, 0.1) is 24.0 Å².